The van der Waals surface area contributed by atoms with Gasteiger partial charge in [-0.05, 0) is 57.0 Å². The second-order valence-corrected chi connectivity index (χ2v) is 8.72. The second kappa shape index (κ2) is 8.91. The fraction of sp³-hybridized carbons (Fsp3) is 0.0417. The molecule has 4 rings (SSSR count). The number of phenolic OH excluding ortho intramolecular Hbond substituents is 1. The Morgan fingerprint density at radius 3 is 2.32 bits per heavy atom. The number of ketones is 1. The minimum atomic E-state index is -0.372. The van der Waals surface area contributed by atoms with Crippen LogP contribution in [0.1, 0.15) is 27.0 Å². The standard InChI is InChI=1S/C24H16BrNO4S/c25-19-12-16(8-11-20(19)27)13-21-23(29)26(24(30)31-21)14-15-6-9-18(10-7-15)22(28)17-4-2-1-3-5-17/h1-13,27H,14H2/b21-13+. The van der Waals surface area contributed by atoms with E-state index in [1.807, 2.05) is 18.2 Å². The molecule has 0 aromatic heterocycles. The molecule has 0 aliphatic carbocycles. The molecule has 0 spiro atoms. The third-order valence-electron chi connectivity index (χ3n) is 4.74. The molecular formula is C24H16BrNO4S. The largest absolute Gasteiger partial charge is 0.507 e. The molecule has 1 aliphatic rings. The maximum atomic E-state index is 12.7. The van der Waals surface area contributed by atoms with Crippen molar-refractivity contribution in [3.63, 3.8) is 0 Å². The van der Waals surface area contributed by atoms with Gasteiger partial charge in [0.25, 0.3) is 11.1 Å². The van der Waals surface area contributed by atoms with Crippen molar-refractivity contribution in [1.29, 1.82) is 0 Å². The molecule has 1 heterocycles. The number of aromatic hydroxyl groups is 1. The Bertz CT molecular complexity index is 1210. The zero-order valence-electron chi connectivity index (χ0n) is 16.1. The quantitative estimate of drug-likeness (QED) is 0.368. The maximum Gasteiger partial charge on any atom is 0.293 e. The van der Waals surface area contributed by atoms with Gasteiger partial charge in [0.15, 0.2) is 5.78 Å². The van der Waals surface area contributed by atoms with Gasteiger partial charge in [-0.3, -0.25) is 19.3 Å². The normalized spacial score (nSPS) is 15.0. The lowest BCUT2D eigenvalue weighted by Crippen LogP contribution is -2.27. The van der Waals surface area contributed by atoms with Gasteiger partial charge >= 0.3 is 0 Å². The van der Waals surface area contributed by atoms with E-state index in [2.05, 4.69) is 15.9 Å². The lowest BCUT2D eigenvalue weighted by molar-refractivity contribution is -0.123. The first-order valence-electron chi connectivity index (χ1n) is 9.35. The minimum Gasteiger partial charge on any atom is -0.507 e. The van der Waals surface area contributed by atoms with Crippen LogP contribution in [-0.2, 0) is 11.3 Å². The van der Waals surface area contributed by atoms with Crippen molar-refractivity contribution >= 4 is 50.7 Å². The van der Waals surface area contributed by atoms with Crippen molar-refractivity contribution in [3.05, 3.63) is 104 Å². The molecular weight excluding hydrogens is 478 g/mol. The third kappa shape index (κ3) is 4.62. The number of imide groups is 1. The number of hydrogen-bond donors (Lipinski definition) is 1. The molecule has 0 radical (unpaired) electrons. The highest BCUT2D eigenvalue weighted by molar-refractivity contribution is 9.10. The lowest BCUT2D eigenvalue weighted by Gasteiger charge is -2.12. The Morgan fingerprint density at radius 2 is 1.65 bits per heavy atom. The number of carbonyl (C=O) groups excluding carboxylic acids is 3. The number of hydrogen-bond acceptors (Lipinski definition) is 5. The van der Waals surface area contributed by atoms with Gasteiger partial charge in [-0.1, -0.05) is 60.7 Å². The molecule has 2 amide bonds. The van der Waals surface area contributed by atoms with Crippen LogP contribution in [0.3, 0.4) is 0 Å². The highest BCUT2D eigenvalue weighted by Crippen LogP contribution is 2.34. The molecule has 0 saturated carbocycles. The first-order valence-corrected chi connectivity index (χ1v) is 11.0. The smallest absolute Gasteiger partial charge is 0.293 e. The highest BCUT2D eigenvalue weighted by Gasteiger charge is 2.35. The Hall–Kier alpha value is -3.16. The summed E-state index contributed by atoms with van der Waals surface area (Å²) in [4.78, 5) is 39.2. The molecule has 1 aliphatic heterocycles. The summed E-state index contributed by atoms with van der Waals surface area (Å²) in [6.07, 6.45) is 1.62. The Labute approximate surface area is 191 Å². The molecule has 154 valence electrons. The van der Waals surface area contributed by atoms with E-state index in [0.717, 1.165) is 17.3 Å². The molecule has 0 unspecified atom stereocenters. The first kappa shape index (κ1) is 21.1. The zero-order chi connectivity index (χ0) is 22.0. The summed E-state index contributed by atoms with van der Waals surface area (Å²) in [6.45, 7) is 0.126. The molecule has 5 nitrogen and oxygen atoms in total. The van der Waals surface area contributed by atoms with Crippen LogP contribution in [-0.4, -0.2) is 26.9 Å². The van der Waals surface area contributed by atoms with Crippen LogP contribution in [0, 0.1) is 0 Å². The molecule has 0 atom stereocenters. The average Bonchev–Trinajstić information content (AvgIpc) is 3.04. The number of carbonyl (C=O) groups is 3. The van der Waals surface area contributed by atoms with E-state index in [1.165, 1.54) is 11.0 Å². The van der Waals surface area contributed by atoms with Crippen LogP contribution in [0.15, 0.2) is 82.2 Å². The van der Waals surface area contributed by atoms with Gasteiger partial charge in [-0.2, -0.15) is 0 Å². The molecule has 31 heavy (non-hydrogen) atoms. The van der Waals surface area contributed by atoms with Gasteiger partial charge < -0.3 is 5.11 Å². The Morgan fingerprint density at radius 1 is 0.968 bits per heavy atom. The molecule has 1 N–H and O–H groups in total. The summed E-state index contributed by atoms with van der Waals surface area (Å²) in [5.74, 6) is -0.357. The van der Waals surface area contributed by atoms with Gasteiger partial charge in [0.05, 0.1) is 15.9 Å². The topological polar surface area (TPSA) is 74.7 Å². The van der Waals surface area contributed by atoms with Gasteiger partial charge in [0, 0.05) is 11.1 Å². The molecule has 3 aromatic rings. The molecule has 1 saturated heterocycles. The number of phenols is 1. The predicted molar refractivity (Wildman–Crippen MR) is 124 cm³/mol. The number of thioether (sulfide) groups is 1. The van der Waals surface area contributed by atoms with Crippen molar-refractivity contribution in [2.75, 3.05) is 0 Å². The van der Waals surface area contributed by atoms with E-state index < -0.39 is 0 Å². The fourth-order valence-corrected chi connectivity index (χ4v) is 4.34. The van der Waals surface area contributed by atoms with Crippen LogP contribution < -0.4 is 0 Å². The van der Waals surface area contributed by atoms with E-state index in [-0.39, 0.29) is 29.2 Å². The van der Waals surface area contributed by atoms with Crippen molar-refractivity contribution in [2.24, 2.45) is 0 Å². The van der Waals surface area contributed by atoms with Crippen molar-refractivity contribution in [3.8, 4) is 5.75 Å². The van der Waals surface area contributed by atoms with Gasteiger partial charge in [0.1, 0.15) is 5.75 Å². The van der Waals surface area contributed by atoms with E-state index in [4.69, 9.17) is 0 Å². The fourth-order valence-electron chi connectivity index (χ4n) is 3.10. The predicted octanol–water partition coefficient (Wildman–Crippen LogP) is 5.62. The summed E-state index contributed by atoms with van der Waals surface area (Å²) in [6, 6.07) is 20.7. The number of nitrogens with zero attached hydrogens (tertiary/aromatic N) is 1. The van der Waals surface area contributed by atoms with Gasteiger partial charge in [-0.15, -0.1) is 0 Å². The molecule has 0 bridgehead atoms. The van der Waals surface area contributed by atoms with Crippen molar-refractivity contribution in [2.45, 2.75) is 6.54 Å². The zero-order valence-corrected chi connectivity index (χ0v) is 18.5. The van der Waals surface area contributed by atoms with Crippen LogP contribution in [0.5, 0.6) is 5.75 Å². The molecule has 3 aromatic carbocycles. The highest BCUT2D eigenvalue weighted by atomic mass is 79.9. The van der Waals surface area contributed by atoms with Gasteiger partial charge in [0.2, 0.25) is 0 Å². The summed E-state index contributed by atoms with van der Waals surface area (Å²) in [7, 11) is 0. The number of benzene rings is 3. The number of halogens is 1. The summed E-state index contributed by atoms with van der Waals surface area (Å²) < 4.78 is 0.505. The van der Waals surface area contributed by atoms with E-state index in [0.29, 0.717) is 26.1 Å². The van der Waals surface area contributed by atoms with Crippen LogP contribution in [0.2, 0.25) is 0 Å². The number of amides is 2. The maximum absolute atomic E-state index is 12.7. The van der Waals surface area contributed by atoms with E-state index in [9.17, 15) is 19.5 Å². The van der Waals surface area contributed by atoms with Crippen molar-refractivity contribution < 1.29 is 19.5 Å². The Kier molecular flexibility index (Phi) is 6.06. The summed E-state index contributed by atoms with van der Waals surface area (Å²) >= 11 is 4.11. The lowest BCUT2D eigenvalue weighted by atomic mass is 10.0. The second-order valence-electron chi connectivity index (χ2n) is 6.87. The van der Waals surface area contributed by atoms with Crippen LogP contribution in [0.25, 0.3) is 6.08 Å². The van der Waals surface area contributed by atoms with E-state index >= 15 is 0 Å². The SMILES string of the molecule is O=C(c1ccccc1)c1ccc(CN2C(=O)S/C(=C/c3ccc(O)c(Br)c3)C2=O)cc1. The molecule has 1 fully saturated rings. The third-order valence-corrected chi connectivity index (χ3v) is 6.28. The Balaban J connectivity index is 1.48. The van der Waals surface area contributed by atoms with E-state index in [1.54, 1.807) is 54.6 Å². The first-order chi connectivity index (χ1) is 14.9. The number of rotatable bonds is 5. The average molecular weight is 494 g/mol. The van der Waals surface area contributed by atoms with Crippen LogP contribution in [0.4, 0.5) is 4.79 Å². The summed E-state index contributed by atoms with van der Waals surface area (Å²) in [5.41, 5.74) is 2.59. The minimum absolute atomic E-state index is 0.0821. The van der Waals surface area contributed by atoms with Crippen LogP contribution >= 0.6 is 27.7 Å². The summed E-state index contributed by atoms with van der Waals surface area (Å²) in [5, 5.41) is 9.25. The molecule has 7 heteroatoms. The van der Waals surface area contributed by atoms with Gasteiger partial charge in [-0.25, -0.2) is 0 Å². The van der Waals surface area contributed by atoms with Crippen molar-refractivity contribution in [1.82, 2.24) is 4.90 Å². The monoisotopic (exact) mass is 493 g/mol.